The number of nitrogens with two attached hydrogens (primary N) is 1. The molecule has 0 saturated carbocycles. The first-order valence-electron chi connectivity index (χ1n) is 7.20. The van der Waals surface area contributed by atoms with Gasteiger partial charge in [-0.3, -0.25) is 4.98 Å². The standard InChI is InChI=1S/C10H12N4.C6H3F3/c11-7-1-2-10-13-8-5-12-4-3-9(8)14(10)6-7;7-4-1-2-5(8)6(9)3-4/h3-5,7H,1-2,6,11H2;1-3H/t7-;/m1./s1. The van der Waals surface area contributed by atoms with Gasteiger partial charge in [0.2, 0.25) is 0 Å². The lowest BCUT2D eigenvalue weighted by Crippen LogP contribution is -2.31. The predicted molar refractivity (Wildman–Crippen MR) is 80.1 cm³/mol. The molecule has 1 aliphatic rings. The highest BCUT2D eigenvalue weighted by Crippen LogP contribution is 2.20. The summed E-state index contributed by atoms with van der Waals surface area (Å²) in [6.07, 6.45) is 5.64. The molecule has 3 heterocycles. The van der Waals surface area contributed by atoms with Crippen LogP contribution in [0.4, 0.5) is 13.2 Å². The van der Waals surface area contributed by atoms with Crippen molar-refractivity contribution in [2.45, 2.75) is 25.4 Å². The van der Waals surface area contributed by atoms with E-state index in [4.69, 9.17) is 5.73 Å². The molecule has 1 aromatic carbocycles. The summed E-state index contributed by atoms with van der Waals surface area (Å²) >= 11 is 0. The maximum absolute atomic E-state index is 12.0. The van der Waals surface area contributed by atoms with Gasteiger partial charge in [0, 0.05) is 31.3 Å². The molecular formula is C16H15F3N4. The van der Waals surface area contributed by atoms with E-state index in [1.54, 1.807) is 6.20 Å². The molecule has 2 aromatic heterocycles. The Labute approximate surface area is 130 Å². The van der Waals surface area contributed by atoms with Gasteiger partial charge in [-0.15, -0.1) is 0 Å². The Bertz CT molecular complexity index is 831. The van der Waals surface area contributed by atoms with Crippen LogP contribution in [0.15, 0.2) is 36.7 Å². The van der Waals surface area contributed by atoms with Crippen LogP contribution in [0.3, 0.4) is 0 Å². The molecule has 0 aliphatic carbocycles. The van der Waals surface area contributed by atoms with Crippen LogP contribution in [-0.2, 0) is 13.0 Å². The number of benzene rings is 1. The molecule has 0 radical (unpaired) electrons. The zero-order valence-corrected chi connectivity index (χ0v) is 12.2. The van der Waals surface area contributed by atoms with Crippen LogP contribution in [0.5, 0.6) is 0 Å². The first-order chi connectivity index (χ1) is 11.0. The lowest BCUT2D eigenvalue weighted by molar-refractivity contribution is 0.461. The van der Waals surface area contributed by atoms with Gasteiger partial charge < -0.3 is 10.3 Å². The van der Waals surface area contributed by atoms with Crippen molar-refractivity contribution >= 4 is 11.0 Å². The molecule has 4 nitrogen and oxygen atoms in total. The van der Waals surface area contributed by atoms with E-state index in [1.165, 1.54) is 0 Å². The summed E-state index contributed by atoms with van der Waals surface area (Å²) in [5.41, 5.74) is 8.08. The first-order valence-corrected chi connectivity index (χ1v) is 7.20. The van der Waals surface area contributed by atoms with E-state index < -0.39 is 17.5 Å². The number of hydrogen-bond acceptors (Lipinski definition) is 3. The molecule has 0 unspecified atom stereocenters. The van der Waals surface area contributed by atoms with E-state index in [2.05, 4.69) is 14.5 Å². The Hall–Kier alpha value is -2.41. The second-order valence-corrected chi connectivity index (χ2v) is 5.36. The normalized spacial score (nSPS) is 16.6. The lowest BCUT2D eigenvalue weighted by atomic mass is 10.1. The van der Waals surface area contributed by atoms with Gasteiger partial charge in [0.1, 0.15) is 17.2 Å². The summed E-state index contributed by atoms with van der Waals surface area (Å²) in [5.74, 6) is -1.81. The van der Waals surface area contributed by atoms with Crippen molar-refractivity contribution in [1.82, 2.24) is 14.5 Å². The van der Waals surface area contributed by atoms with Crippen LogP contribution < -0.4 is 5.73 Å². The number of imidazole rings is 1. The van der Waals surface area contributed by atoms with Gasteiger partial charge in [-0.05, 0) is 24.6 Å². The molecule has 120 valence electrons. The molecule has 4 rings (SSSR count). The van der Waals surface area contributed by atoms with Crippen LogP contribution >= 0.6 is 0 Å². The zero-order valence-electron chi connectivity index (χ0n) is 12.2. The van der Waals surface area contributed by atoms with Gasteiger partial charge in [-0.2, -0.15) is 0 Å². The molecule has 2 N–H and O–H groups in total. The van der Waals surface area contributed by atoms with Crippen molar-refractivity contribution in [3.63, 3.8) is 0 Å². The highest BCUT2D eigenvalue weighted by molar-refractivity contribution is 5.74. The van der Waals surface area contributed by atoms with Crippen LogP contribution in [0, 0.1) is 17.5 Å². The van der Waals surface area contributed by atoms with Gasteiger partial charge in [0.15, 0.2) is 11.6 Å². The Balaban J connectivity index is 0.000000151. The molecule has 0 fully saturated rings. The topological polar surface area (TPSA) is 56.7 Å². The molecule has 1 aliphatic heterocycles. The van der Waals surface area contributed by atoms with Crippen LogP contribution in [-0.4, -0.2) is 20.6 Å². The summed E-state index contributed by atoms with van der Waals surface area (Å²) in [6, 6.07) is 4.37. The second kappa shape index (κ2) is 6.37. The zero-order chi connectivity index (χ0) is 16.4. The number of aromatic nitrogens is 3. The molecule has 1 atom stereocenters. The molecule has 0 spiro atoms. The van der Waals surface area contributed by atoms with Gasteiger partial charge in [-0.25, -0.2) is 18.2 Å². The third-order valence-electron chi connectivity index (χ3n) is 3.67. The van der Waals surface area contributed by atoms with E-state index in [1.807, 2.05) is 12.3 Å². The fourth-order valence-corrected chi connectivity index (χ4v) is 2.54. The minimum Gasteiger partial charge on any atom is -0.326 e. The highest BCUT2D eigenvalue weighted by atomic mass is 19.2. The fourth-order valence-electron chi connectivity index (χ4n) is 2.54. The van der Waals surface area contributed by atoms with Crippen molar-refractivity contribution in [3.8, 4) is 0 Å². The van der Waals surface area contributed by atoms with E-state index in [0.29, 0.717) is 6.07 Å². The fraction of sp³-hybridized carbons (Fsp3) is 0.250. The number of halogens is 3. The maximum Gasteiger partial charge on any atom is 0.161 e. The maximum atomic E-state index is 12.0. The molecule has 3 aromatic rings. The SMILES string of the molecule is Fc1ccc(F)c(F)c1.N[C@@H]1CCc2nc3cnccc3n2C1. The number of hydrogen-bond donors (Lipinski definition) is 1. The average Bonchev–Trinajstić information content (AvgIpc) is 2.90. The predicted octanol–water partition coefficient (Wildman–Crippen LogP) is 2.81. The summed E-state index contributed by atoms with van der Waals surface area (Å²) in [5, 5.41) is 0. The first kappa shape index (κ1) is 15.5. The minimum absolute atomic E-state index is 0.271. The van der Waals surface area contributed by atoms with Gasteiger partial charge in [0.25, 0.3) is 0 Å². The van der Waals surface area contributed by atoms with Gasteiger partial charge in [0.05, 0.1) is 11.7 Å². The summed E-state index contributed by atoms with van der Waals surface area (Å²) in [4.78, 5) is 8.60. The van der Waals surface area contributed by atoms with Gasteiger partial charge in [-0.1, -0.05) is 0 Å². The Morgan fingerprint density at radius 3 is 2.70 bits per heavy atom. The van der Waals surface area contributed by atoms with E-state index >= 15 is 0 Å². The van der Waals surface area contributed by atoms with E-state index in [0.717, 1.165) is 48.4 Å². The second-order valence-electron chi connectivity index (χ2n) is 5.36. The van der Waals surface area contributed by atoms with E-state index in [9.17, 15) is 13.2 Å². The number of aryl methyl sites for hydroxylation is 1. The number of pyridine rings is 1. The van der Waals surface area contributed by atoms with E-state index in [-0.39, 0.29) is 6.04 Å². The smallest absolute Gasteiger partial charge is 0.161 e. The molecule has 23 heavy (non-hydrogen) atoms. The molecule has 7 heteroatoms. The summed E-state index contributed by atoms with van der Waals surface area (Å²) < 4.78 is 38.1. The van der Waals surface area contributed by atoms with Crippen molar-refractivity contribution in [2.24, 2.45) is 5.73 Å². The number of rotatable bonds is 0. The largest absolute Gasteiger partial charge is 0.326 e. The van der Waals surface area contributed by atoms with Crippen LogP contribution in [0.2, 0.25) is 0 Å². The average molecular weight is 320 g/mol. The Morgan fingerprint density at radius 1 is 1.13 bits per heavy atom. The van der Waals surface area contributed by atoms with Crippen LogP contribution in [0.1, 0.15) is 12.2 Å². The number of nitrogens with zero attached hydrogens (tertiary/aromatic N) is 3. The third kappa shape index (κ3) is 3.34. The molecule has 0 bridgehead atoms. The Morgan fingerprint density at radius 2 is 1.96 bits per heavy atom. The summed E-state index contributed by atoms with van der Waals surface area (Å²) in [7, 11) is 0. The van der Waals surface area contributed by atoms with Crippen molar-refractivity contribution in [1.29, 1.82) is 0 Å². The van der Waals surface area contributed by atoms with Crippen molar-refractivity contribution in [3.05, 3.63) is 59.9 Å². The Kier molecular flexibility index (Phi) is 4.29. The highest BCUT2D eigenvalue weighted by Gasteiger charge is 2.18. The third-order valence-corrected chi connectivity index (χ3v) is 3.67. The van der Waals surface area contributed by atoms with Gasteiger partial charge >= 0.3 is 0 Å². The molecule has 0 saturated heterocycles. The lowest BCUT2D eigenvalue weighted by Gasteiger charge is -2.20. The van der Waals surface area contributed by atoms with Crippen LogP contribution in [0.25, 0.3) is 11.0 Å². The molecule has 0 amide bonds. The monoisotopic (exact) mass is 320 g/mol. The molecular weight excluding hydrogens is 305 g/mol. The van der Waals surface area contributed by atoms with Crippen molar-refractivity contribution < 1.29 is 13.2 Å². The minimum atomic E-state index is -1.16. The quantitative estimate of drug-likeness (QED) is 0.648. The van der Waals surface area contributed by atoms with Crippen molar-refractivity contribution in [2.75, 3.05) is 0 Å². The summed E-state index contributed by atoms with van der Waals surface area (Å²) in [6.45, 7) is 0.885. The number of fused-ring (bicyclic) bond motifs is 3.